The van der Waals surface area contributed by atoms with Crippen molar-refractivity contribution in [2.75, 3.05) is 32.8 Å². The molecule has 0 atom stereocenters. The summed E-state index contributed by atoms with van der Waals surface area (Å²) in [6.45, 7) is 11.1. The number of benzene rings is 1. The smallest absolute Gasteiger partial charge is 0.251 e. The maximum absolute atomic E-state index is 12.4. The Balaban J connectivity index is 1.99. The molecule has 0 aromatic heterocycles. The van der Waals surface area contributed by atoms with Crippen LogP contribution in [0.15, 0.2) is 29.2 Å². The van der Waals surface area contributed by atoms with Crippen LogP contribution in [-0.4, -0.2) is 62.9 Å². The Hall–Kier alpha value is -1.44. The third kappa shape index (κ3) is 4.80. The molecule has 0 saturated carbocycles. The normalized spacial score (nSPS) is 16.8. The zero-order valence-electron chi connectivity index (χ0n) is 15.4. The van der Waals surface area contributed by atoms with E-state index in [-0.39, 0.29) is 16.3 Å². The minimum atomic E-state index is -3.32. The Morgan fingerprint density at radius 3 is 2.28 bits per heavy atom. The fourth-order valence-corrected chi connectivity index (χ4v) is 3.81. The second-order valence-electron chi connectivity index (χ2n) is 7.21. The number of hydrogen-bond acceptors (Lipinski definition) is 5. The maximum Gasteiger partial charge on any atom is 0.251 e. The van der Waals surface area contributed by atoms with Crippen molar-refractivity contribution in [3.05, 3.63) is 29.8 Å². The molecule has 1 saturated heterocycles. The minimum absolute atomic E-state index is 0.166. The van der Waals surface area contributed by atoms with E-state index in [0.29, 0.717) is 25.3 Å². The molecule has 140 valence electrons. The Morgan fingerprint density at radius 2 is 1.76 bits per heavy atom. The fraction of sp³-hybridized carbons (Fsp3) is 0.611. The summed E-state index contributed by atoms with van der Waals surface area (Å²) in [6, 6.07) is 6.12. The highest BCUT2D eigenvalue weighted by atomic mass is 32.2. The number of rotatable bonds is 6. The van der Waals surface area contributed by atoms with Gasteiger partial charge in [0.25, 0.3) is 5.91 Å². The predicted octanol–water partition coefficient (Wildman–Crippen LogP) is 1.71. The van der Waals surface area contributed by atoms with E-state index in [1.807, 2.05) is 0 Å². The van der Waals surface area contributed by atoms with Crippen molar-refractivity contribution in [1.29, 1.82) is 0 Å². The lowest BCUT2D eigenvalue weighted by molar-refractivity contribution is -0.00923. The molecule has 1 amide bonds. The Morgan fingerprint density at radius 1 is 1.20 bits per heavy atom. The van der Waals surface area contributed by atoms with Gasteiger partial charge in [-0.15, -0.1) is 0 Å². The molecule has 1 N–H and O–H groups in total. The van der Waals surface area contributed by atoms with E-state index in [2.05, 4.69) is 24.1 Å². The van der Waals surface area contributed by atoms with Gasteiger partial charge in [0.1, 0.15) is 0 Å². The van der Waals surface area contributed by atoms with Gasteiger partial charge >= 0.3 is 0 Å². The first kappa shape index (κ1) is 19.9. The lowest BCUT2D eigenvalue weighted by atomic mass is 10.0. The number of ether oxygens (including phenoxy) is 1. The zero-order valence-corrected chi connectivity index (χ0v) is 16.2. The van der Waals surface area contributed by atoms with Gasteiger partial charge in [-0.2, -0.15) is 0 Å². The second kappa shape index (κ2) is 7.85. The van der Waals surface area contributed by atoms with E-state index in [4.69, 9.17) is 4.74 Å². The fourth-order valence-electron chi connectivity index (χ4n) is 2.75. The van der Waals surface area contributed by atoms with E-state index in [1.165, 1.54) is 12.1 Å². The van der Waals surface area contributed by atoms with Crippen LogP contribution in [0.4, 0.5) is 0 Å². The third-order valence-electron chi connectivity index (χ3n) is 4.61. The summed E-state index contributed by atoms with van der Waals surface area (Å²) in [5.74, 6) is -0.199. The van der Waals surface area contributed by atoms with Crippen LogP contribution in [-0.2, 0) is 14.6 Å². The van der Waals surface area contributed by atoms with Crippen molar-refractivity contribution in [1.82, 2.24) is 10.2 Å². The number of nitrogens with one attached hydrogen (secondary N) is 1. The molecule has 0 radical (unpaired) electrons. The quantitative estimate of drug-likeness (QED) is 0.827. The van der Waals surface area contributed by atoms with Crippen LogP contribution in [0.2, 0.25) is 0 Å². The summed E-state index contributed by atoms with van der Waals surface area (Å²) in [4.78, 5) is 14.9. The summed E-state index contributed by atoms with van der Waals surface area (Å²) in [6.07, 6.45) is 0. The van der Waals surface area contributed by atoms with Crippen molar-refractivity contribution < 1.29 is 17.9 Å². The van der Waals surface area contributed by atoms with Gasteiger partial charge in [-0.05, 0) is 52.0 Å². The van der Waals surface area contributed by atoms with Gasteiger partial charge in [0.05, 0.1) is 23.4 Å². The standard InChI is InChI=1S/C18H28N2O4S/c1-14(2)25(22,23)16-7-5-15(6-8-16)17(21)19-13-18(3,4)20-9-11-24-12-10-20/h5-8,14H,9-13H2,1-4H3,(H,19,21). The lowest BCUT2D eigenvalue weighted by Gasteiger charge is -2.40. The summed E-state index contributed by atoms with van der Waals surface area (Å²) in [5.41, 5.74) is 0.292. The molecule has 7 heteroatoms. The molecule has 1 aliphatic rings. The van der Waals surface area contributed by atoms with Crippen LogP contribution < -0.4 is 5.32 Å². The van der Waals surface area contributed by atoms with Crippen molar-refractivity contribution >= 4 is 15.7 Å². The van der Waals surface area contributed by atoms with Gasteiger partial charge in [0.15, 0.2) is 9.84 Å². The largest absolute Gasteiger partial charge is 0.379 e. The van der Waals surface area contributed by atoms with E-state index in [1.54, 1.807) is 26.0 Å². The number of amides is 1. The summed E-state index contributed by atoms with van der Waals surface area (Å²) < 4.78 is 29.6. The highest BCUT2D eigenvalue weighted by Crippen LogP contribution is 2.18. The summed E-state index contributed by atoms with van der Waals surface area (Å²) in [5, 5.41) is 2.46. The Kier molecular flexibility index (Phi) is 6.24. The molecule has 25 heavy (non-hydrogen) atoms. The molecular formula is C18H28N2O4S. The Bertz CT molecular complexity index is 690. The second-order valence-corrected chi connectivity index (χ2v) is 9.72. The highest BCUT2D eigenvalue weighted by molar-refractivity contribution is 7.92. The monoisotopic (exact) mass is 368 g/mol. The Labute approximate surface area is 150 Å². The van der Waals surface area contributed by atoms with E-state index in [9.17, 15) is 13.2 Å². The zero-order chi connectivity index (χ0) is 18.7. The molecule has 1 heterocycles. The van der Waals surface area contributed by atoms with Crippen LogP contribution >= 0.6 is 0 Å². The number of carbonyl (C=O) groups is 1. The van der Waals surface area contributed by atoms with Crippen LogP contribution in [0.3, 0.4) is 0 Å². The van der Waals surface area contributed by atoms with Crippen LogP contribution in [0.25, 0.3) is 0 Å². The molecule has 6 nitrogen and oxygen atoms in total. The SMILES string of the molecule is CC(C)S(=O)(=O)c1ccc(C(=O)NCC(C)(C)N2CCOCC2)cc1. The van der Waals surface area contributed by atoms with E-state index >= 15 is 0 Å². The highest BCUT2D eigenvalue weighted by Gasteiger charge is 2.28. The summed E-state index contributed by atoms with van der Waals surface area (Å²) >= 11 is 0. The van der Waals surface area contributed by atoms with Gasteiger partial charge < -0.3 is 10.1 Å². The van der Waals surface area contributed by atoms with Crippen LogP contribution in [0, 0.1) is 0 Å². The molecule has 0 unspecified atom stereocenters. The number of sulfone groups is 1. The van der Waals surface area contributed by atoms with Gasteiger partial charge in [-0.3, -0.25) is 9.69 Å². The molecule has 1 aliphatic heterocycles. The topological polar surface area (TPSA) is 75.7 Å². The predicted molar refractivity (Wildman–Crippen MR) is 97.6 cm³/mol. The average Bonchev–Trinajstić information content (AvgIpc) is 2.60. The van der Waals surface area contributed by atoms with Crippen molar-refractivity contribution in [2.24, 2.45) is 0 Å². The molecule has 0 aliphatic carbocycles. The van der Waals surface area contributed by atoms with Gasteiger partial charge in [0.2, 0.25) is 0 Å². The van der Waals surface area contributed by atoms with Gasteiger partial charge in [0, 0.05) is 30.7 Å². The van der Waals surface area contributed by atoms with Crippen molar-refractivity contribution in [3.63, 3.8) is 0 Å². The molecule has 0 spiro atoms. The maximum atomic E-state index is 12.4. The van der Waals surface area contributed by atoms with Gasteiger partial charge in [-0.25, -0.2) is 8.42 Å². The molecule has 1 fully saturated rings. The molecule has 1 aromatic carbocycles. The first-order chi connectivity index (χ1) is 11.6. The van der Waals surface area contributed by atoms with Gasteiger partial charge in [-0.1, -0.05) is 0 Å². The third-order valence-corrected chi connectivity index (χ3v) is 6.78. The molecule has 0 bridgehead atoms. The summed E-state index contributed by atoms with van der Waals surface area (Å²) in [7, 11) is -3.32. The average molecular weight is 368 g/mol. The molecule has 2 rings (SSSR count). The van der Waals surface area contributed by atoms with Crippen LogP contribution in [0.1, 0.15) is 38.1 Å². The van der Waals surface area contributed by atoms with Crippen LogP contribution in [0.5, 0.6) is 0 Å². The van der Waals surface area contributed by atoms with Crippen molar-refractivity contribution in [3.8, 4) is 0 Å². The van der Waals surface area contributed by atoms with E-state index in [0.717, 1.165) is 13.1 Å². The number of hydrogen-bond donors (Lipinski definition) is 1. The minimum Gasteiger partial charge on any atom is -0.379 e. The number of nitrogens with zero attached hydrogens (tertiary/aromatic N) is 1. The first-order valence-electron chi connectivity index (χ1n) is 8.59. The number of morpholine rings is 1. The van der Waals surface area contributed by atoms with Crippen molar-refractivity contribution in [2.45, 2.75) is 43.4 Å². The van der Waals surface area contributed by atoms with E-state index < -0.39 is 15.1 Å². The molecule has 1 aromatic rings. The number of carbonyl (C=O) groups excluding carboxylic acids is 1. The molecular weight excluding hydrogens is 340 g/mol. The lowest BCUT2D eigenvalue weighted by Crippen LogP contribution is -2.55. The first-order valence-corrected chi connectivity index (χ1v) is 10.1.